The van der Waals surface area contributed by atoms with Gasteiger partial charge in [0.2, 0.25) is 5.91 Å². The van der Waals surface area contributed by atoms with Gasteiger partial charge in [0.15, 0.2) is 5.96 Å². The van der Waals surface area contributed by atoms with Gasteiger partial charge in [0, 0.05) is 58.4 Å². The molecule has 144 valence electrons. The van der Waals surface area contributed by atoms with Gasteiger partial charge in [0.05, 0.1) is 5.41 Å². The van der Waals surface area contributed by atoms with Crippen LogP contribution in [0.3, 0.4) is 0 Å². The van der Waals surface area contributed by atoms with Crippen molar-refractivity contribution < 1.29 is 4.79 Å². The molecule has 0 saturated carbocycles. The van der Waals surface area contributed by atoms with Gasteiger partial charge in [0.25, 0.3) is 0 Å². The Morgan fingerprint density at radius 1 is 1.19 bits per heavy atom. The molecule has 0 bridgehead atoms. The van der Waals surface area contributed by atoms with Crippen LogP contribution < -0.4 is 10.6 Å². The number of hydrogen-bond acceptors (Lipinski definition) is 3. The van der Waals surface area contributed by atoms with E-state index in [1.54, 1.807) is 14.1 Å². The molecular weight excluding hydrogens is 350 g/mol. The summed E-state index contributed by atoms with van der Waals surface area (Å²) in [5.41, 5.74) is 0.791. The van der Waals surface area contributed by atoms with Crippen LogP contribution in [-0.2, 0) is 11.3 Å². The van der Waals surface area contributed by atoms with E-state index in [0.717, 1.165) is 43.7 Å². The van der Waals surface area contributed by atoms with Gasteiger partial charge in [-0.25, -0.2) is 0 Å². The summed E-state index contributed by atoms with van der Waals surface area (Å²) in [4.78, 5) is 21.0. The van der Waals surface area contributed by atoms with Crippen LogP contribution >= 0.6 is 11.6 Å². The Morgan fingerprint density at radius 3 is 2.35 bits per heavy atom. The zero-order chi connectivity index (χ0) is 19.2. The van der Waals surface area contributed by atoms with Gasteiger partial charge in [-0.3, -0.25) is 14.7 Å². The minimum absolute atomic E-state index is 0.0215. The first-order valence-corrected chi connectivity index (χ1v) is 9.38. The number of nitrogens with one attached hydrogen (secondary N) is 2. The summed E-state index contributed by atoms with van der Waals surface area (Å²) in [5.74, 6) is 0.876. The van der Waals surface area contributed by atoms with Crippen molar-refractivity contribution in [1.29, 1.82) is 0 Å². The molecule has 26 heavy (non-hydrogen) atoms. The summed E-state index contributed by atoms with van der Waals surface area (Å²) in [7, 11) is 3.45. The Labute approximate surface area is 161 Å². The molecule has 0 aliphatic carbocycles. The lowest BCUT2D eigenvalue weighted by molar-refractivity contribution is -0.128. The highest BCUT2D eigenvalue weighted by atomic mass is 35.5. The summed E-state index contributed by atoms with van der Waals surface area (Å²) < 4.78 is 0. The van der Waals surface area contributed by atoms with Gasteiger partial charge >= 0.3 is 0 Å². The first kappa shape index (κ1) is 20.5. The summed E-state index contributed by atoms with van der Waals surface area (Å²) in [5, 5.41) is 6.83. The number of benzene rings is 1. The van der Waals surface area contributed by atoms with Gasteiger partial charge in [-0.1, -0.05) is 23.7 Å². The van der Waals surface area contributed by atoms with Crippen LogP contribution in [0.2, 0.25) is 5.02 Å². The van der Waals surface area contributed by atoms with Gasteiger partial charge < -0.3 is 15.5 Å². The van der Waals surface area contributed by atoms with Gasteiger partial charge in [-0.05, 0) is 31.5 Å². The van der Waals surface area contributed by atoms with E-state index in [9.17, 15) is 4.79 Å². The third-order valence-electron chi connectivity index (χ3n) is 4.73. The monoisotopic (exact) mass is 379 g/mol. The molecule has 0 spiro atoms. The molecule has 1 aliphatic rings. The van der Waals surface area contributed by atoms with Crippen molar-refractivity contribution in [2.45, 2.75) is 20.4 Å². The maximum absolute atomic E-state index is 11.9. The lowest BCUT2D eigenvalue weighted by Gasteiger charge is -2.37. The van der Waals surface area contributed by atoms with Crippen molar-refractivity contribution >= 4 is 23.5 Å². The van der Waals surface area contributed by atoms with Crippen LogP contribution in [-0.4, -0.2) is 68.5 Å². The third-order valence-corrected chi connectivity index (χ3v) is 4.99. The number of rotatable bonds is 5. The van der Waals surface area contributed by atoms with Crippen molar-refractivity contribution in [2.24, 2.45) is 10.4 Å². The molecule has 6 nitrogen and oxygen atoms in total. The lowest BCUT2D eigenvalue weighted by atomic mass is 9.92. The number of hydrogen-bond donors (Lipinski definition) is 2. The molecule has 1 aliphatic heterocycles. The number of nitrogens with zero attached hydrogens (tertiary/aromatic N) is 3. The molecule has 0 radical (unpaired) electrons. The van der Waals surface area contributed by atoms with Crippen LogP contribution in [0.4, 0.5) is 0 Å². The Morgan fingerprint density at radius 2 is 1.81 bits per heavy atom. The Hall–Kier alpha value is -1.79. The SMILES string of the molecule is CN=C(NCC(C)(C)C(=O)NC)N1CCN(Cc2ccc(Cl)cc2)CC1. The van der Waals surface area contributed by atoms with E-state index in [2.05, 4.69) is 37.6 Å². The number of aliphatic imine (C=N–C) groups is 1. The highest BCUT2D eigenvalue weighted by Gasteiger charge is 2.28. The number of carbonyl (C=O) groups is 1. The average molecular weight is 380 g/mol. The number of guanidine groups is 1. The van der Waals surface area contributed by atoms with Crippen LogP contribution in [0.25, 0.3) is 0 Å². The fourth-order valence-electron chi connectivity index (χ4n) is 3.02. The standard InChI is InChI=1S/C19H30ClN5O/c1-19(2,17(26)21-3)14-23-18(22-4)25-11-9-24(10-12-25)13-15-5-7-16(20)8-6-15/h5-8H,9-14H2,1-4H3,(H,21,26)(H,22,23). The summed E-state index contributed by atoms with van der Waals surface area (Å²) in [6.07, 6.45) is 0. The van der Waals surface area contributed by atoms with E-state index in [0.29, 0.717) is 6.54 Å². The Kier molecular flexibility index (Phi) is 7.29. The topological polar surface area (TPSA) is 60.0 Å². The van der Waals surface area contributed by atoms with E-state index < -0.39 is 5.41 Å². The Bertz CT molecular complexity index is 621. The van der Waals surface area contributed by atoms with Crippen molar-refractivity contribution in [1.82, 2.24) is 20.4 Å². The summed E-state index contributed by atoms with van der Waals surface area (Å²) in [6, 6.07) is 8.03. The normalized spacial score (nSPS) is 16.5. The largest absolute Gasteiger partial charge is 0.359 e. The van der Waals surface area contributed by atoms with E-state index in [-0.39, 0.29) is 5.91 Å². The second-order valence-electron chi connectivity index (χ2n) is 7.25. The fraction of sp³-hybridized carbons (Fsp3) is 0.579. The molecular formula is C19H30ClN5O. The first-order chi connectivity index (χ1) is 12.4. The van der Waals surface area contributed by atoms with Gasteiger partial charge in [0.1, 0.15) is 0 Å². The minimum atomic E-state index is -0.485. The predicted molar refractivity (Wildman–Crippen MR) is 108 cm³/mol. The van der Waals surface area contributed by atoms with Crippen molar-refractivity contribution in [3.8, 4) is 0 Å². The van der Waals surface area contributed by atoms with Crippen LogP contribution in [0.5, 0.6) is 0 Å². The van der Waals surface area contributed by atoms with E-state index in [1.165, 1.54) is 5.56 Å². The predicted octanol–water partition coefficient (Wildman–Crippen LogP) is 1.81. The molecule has 1 aromatic carbocycles. The van der Waals surface area contributed by atoms with Crippen molar-refractivity contribution in [2.75, 3.05) is 46.8 Å². The van der Waals surface area contributed by atoms with Crippen molar-refractivity contribution in [3.63, 3.8) is 0 Å². The Balaban J connectivity index is 1.83. The molecule has 1 amide bonds. The van der Waals surface area contributed by atoms with Crippen LogP contribution in [0, 0.1) is 5.41 Å². The smallest absolute Gasteiger partial charge is 0.227 e. The van der Waals surface area contributed by atoms with E-state index in [4.69, 9.17) is 11.6 Å². The van der Waals surface area contributed by atoms with Crippen LogP contribution in [0.1, 0.15) is 19.4 Å². The van der Waals surface area contributed by atoms with Crippen LogP contribution in [0.15, 0.2) is 29.3 Å². The quantitative estimate of drug-likeness (QED) is 0.605. The number of piperazine rings is 1. The summed E-state index contributed by atoms with van der Waals surface area (Å²) in [6.45, 7) is 9.10. The molecule has 1 fully saturated rings. The number of amides is 1. The number of carbonyl (C=O) groups excluding carboxylic acids is 1. The lowest BCUT2D eigenvalue weighted by Crippen LogP contribution is -2.54. The summed E-state index contributed by atoms with van der Waals surface area (Å²) >= 11 is 5.95. The maximum atomic E-state index is 11.9. The highest BCUT2D eigenvalue weighted by Crippen LogP contribution is 2.15. The first-order valence-electron chi connectivity index (χ1n) is 9.00. The second kappa shape index (κ2) is 9.24. The molecule has 0 unspecified atom stereocenters. The third kappa shape index (κ3) is 5.61. The molecule has 1 heterocycles. The fourth-order valence-corrected chi connectivity index (χ4v) is 3.14. The van der Waals surface area contributed by atoms with Gasteiger partial charge in [-0.2, -0.15) is 0 Å². The highest BCUT2D eigenvalue weighted by molar-refractivity contribution is 6.30. The second-order valence-corrected chi connectivity index (χ2v) is 7.69. The molecule has 1 saturated heterocycles. The van der Waals surface area contributed by atoms with E-state index in [1.807, 2.05) is 26.0 Å². The average Bonchev–Trinajstić information content (AvgIpc) is 2.64. The molecule has 7 heteroatoms. The molecule has 2 N–H and O–H groups in total. The molecule has 1 aromatic rings. The van der Waals surface area contributed by atoms with Crippen molar-refractivity contribution in [3.05, 3.63) is 34.9 Å². The number of halogens is 1. The zero-order valence-electron chi connectivity index (χ0n) is 16.2. The maximum Gasteiger partial charge on any atom is 0.227 e. The minimum Gasteiger partial charge on any atom is -0.359 e. The van der Waals surface area contributed by atoms with Gasteiger partial charge in [-0.15, -0.1) is 0 Å². The molecule has 0 atom stereocenters. The van der Waals surface area contributed by atoms with E-state index >= 15 is 0 Å². The molecule has 0 aromatic heterocycles. The zero-order valence-corrected chi connectivity index (χ0v) is 16.9. The molecule has 2 rings (SSSR count).